The second-order valence-electron chi connectivity index (χ2n) is 11.1. The van der Waals surface area contributed by atoms with E-state index >= 15 is 0 Å². The smallest absolute Gasteiger partial charge is 0.335 e. The molecule has 12 heteroatoms. The number of rotatable bonds is 10. The van der Waals surface area contributed by atoms with Crippen molar-refractivity contribution in [1.29, 1.82) is 0 Å². The number of aliphatic carboxylic acids is 1. The maximum absolute atomic E-state index is 14.1. The zero-order valence-corrected chi connectivity index (χ0v) is 25.2. The molecule has 6 rings (SSSR count). The lowest BCUT2D eigenvalue weighted by Gasteiger charge is -2.38. The minimum Gasteiger partial charge on any atom is -0.508 e. The van der Waals surface area contributed by atoms with Gasteiger partial charge < -0.3 is 39.7 Å². The van der Waals surface area contributed by atoms with Crippen LogP contribution in [0, 0.1) is 0 Å². The molecule has 4 aromatic rings. The summed E-state index contributed by atoms with van der Waals surface area (Å²) < 4.78 is 50.8. The van der Waals surface area contributed by atoms with Crippen molar-refractivity contribution in [3.05, 3.63) is 77.9 Å². The van der Waals surface area contributed by atoms with Gasteiger partial charge in [0.15, 0.2) is 11.9 Å². The Morgan fingerprint density at radius 2 is 1.61 bits per heavy atom. The Morgan fingerprint density at radius 3 is 2.30 bits per heavy atom. The number of benzene rings is 3. The van der Waals surface area contributed by atoms with Gasteiger partial charge in [-0.25, -0.2) is 4.79 Å². The molecule has 2 aliphatic rings. The summed E-state index contributed by atoms with van der Waals surface area (Å²) in [5, 5.41) is 50.4. The van der Waals surface area contributed by atoms with Crippen molar-refractivity contribution in [2.75, 3.05) is 26.1 Å². The van der Waals surface area contributed by atoms with Crippen LogP contribution in [-0.2, 0) is 9.53 Å². The van der Waals surface area contributed by atoms with Crippen molar-refractivity contribution < 1.29 is 54.8 Å². The van der Waals surface area contributed by atoms with E-state index in [2.05, 4.69) is 0 Å². The van der Waals surface area contributed by atoms with Gasteiger partial charge in [0.05, 0.1) is 2.74 Å². The SMILES string of the molecule is [2H]C([2H])(Oc1ccc(C(=O)c2c(-c3ccc(O)cc3)sc3cc(O[C@@H]4OC(C(=O)O)[C@@H](O)[C@@H](O)C4O)ccc23)cc1)C([2H])([2H])N1CCCCC1. The fraction of sp³-hybridized carbons (Fsp3) is 0.353. The Hall–Kier alpha value is -4.04. The highest BCUT2D eigenvalue weighted by molar-refractivity contribution is 7.22. The molecule has 0 amide bonds. The van der Waals surface area contributed by atoms with Crippen molar-refractivity contribution in [2.24, 2.45) is 0 Å². The average molecular weight is 654 g/mol. The van der Waals surface area contributed by atoms with E-state index < -0.39 is 55.5 Å². The third kappa shape index (κ3) is 6.73. The highest BCUT2D eigenvalue weighted by Crippen LogP contribution is 2.42. The van der Waals surface area contributed by atoms with E-state index in [-0.39, 0.29) is 22.8 Å². The molecule has 0 aliphatic carbocycles. The molecule has 2 saturated heterocycles. The molecule has 0 spiro atoms. The molecule has 242 valence electrons. The molecular formula is C34H35NO10S. The molecule has 0 bridgehead atoms. The highest BCUT2D eigenvalue weighted by atomic mass is 32.1. The van der Waals surface area contributed by atoms with Crippen molar-refractivity contribution in [2.45, 2.75) is 50.0 Å². The number of aliphatic hydroxyl groups is 3. The Kier molecular flexibility index (Phi) is 8.11. The third-order valence-corrected chi connectivity index (χ3v) is 9.13. The number of phenols is 1. The van der Waals surface area contributed by atoms with Crippen molar-refractivity contribution in [1.82, 2.24) is 4.90 Å². The normalized spacial score (nSPS) is 25.6. The molecular weight excluding hydrogens is 614 g/mol. The summed E-state index contributed by atoms with van der Waals surface area (Å²) in [6, 6.07) is 16.6. The summed E-state index contributed by atoms with van der Waals surface area (Å²) in [6.07, 6.45) is -6.48. The monoisotopic (exact) mass is 653 g/mol. The molecule has 0 radical (unpaired) electrons. The van der Waals surface area contributed by atoms with Crippen LogP contribution in [0.1, 0.15) is 40.7 Å². The van der Waals surface area contributed by atoms with Crippen LogP contribution in [0.25, 0.3) is 20.5 Å². The molecule has 2 aliphatic heterocycles. The van der Waals surface area contributed by atoms with Crippen LogP contribution >= 0.6 is 11.3 Å². The molecule has 3 aromatic carbocycles. The number of likely N-dealkylation sites (tertiary alicyclic amines) is 1. The van der Waals surface area contributed by atoms with Crippen LogP contribution in [0.5, 0.6) is 17.2 Å². The quantitative estimate of drug-likeness (QED) is 0.159. The van der Waals surface area contributed by atoms with Crippen LogP contribution in [0.15, 0.2) is 66.7 Å². The maximum atomic E-state index is 14.1. The summed E-state index contributed by atoms with van der Waals surface area (Å²) >= 11 is 1.23. The summed E-state index contributed by atoms with van der Waals surface area (Å²) in [7, 11) is 0. The Bertz CT molecular complexity index is 1860. The molecule has 11 nitrogen and oxygen atoms in total. The maximum Gasteiger partial charge on any atom is 0.335 e. The number of aromatic hydroxyl groups is 1. The first-order valence-electron chi connectivity index (χ1n) is 16.7. The summed E-state index contributed by atoms with van der Waals surface area (Å²) in [6.45, 7) is -4.23. The lowest BCUT2D eigenvalue weighted by molar-refractivity contribution is -0.271. The number of carbonyl (C=O) groups excluding carboxylic acids is 1. The van der Waals surface area contributed by atoms with E-state index in [1.165, 1.54) is 58.7 Å². The number of carbonyl (C=O) groups is 2. The second kappa shape index (κ2) is 13.8. The largest absolute Gasteiger partial charge is 0.508 e. The van der Waals surface area contributed by atoms with Gasteiger partial charge in [0.2, 0.25) is 6.29 Å². The molecule has 2 unspecified atom stereocenters. The minimum atomic E-state index is -2.68. The topological polar surface area (TPSA) is 166 Å². The van der Waals surface area contributed by atoms with E-state index in [1.54, 1.807) is 24.3 Å². The number of piperidine rings is 1. The molecule has 1 aromatic heterocycles. The van der Waals surface area contributed by atoms with Gasteiger partial charge in [0, 0.05) is 35.3 Å². The van der Waals surface area contributed by atoms with Gasteiger partial charge in [-0.1, -0.05) is 6.42 Å². The lowest BCUT2D eigenvalue weighted by Crippen LogP contribution is -2.61. The number of carboxylic acids is 1. The first-order chi connectivity index (χ1) is 23.7. The predicted octanol–water partition coefficient (Wildman–Crippen LogP) is 3.64. The van der Waals surface area contributed by atoms with Gasteiger partial charge in [0.1, 0.15) is 42.1 Å². The Balaban J connectivity index is 1.29. The van der Waals surface area contributed by atoms with Gasteiger partial charge in [-0.15, -0.1) is 11.3 Å². The third-order valence-electron chi connectivity index (χ3n) is 7.93. The predicted molar refractivity (Wildman–Crippen MR) is 170 cm³/mol. The lowest BCUT2D eigenvalue weighted by atomic mass is 9.97. The van der Waals surface area contributed by atoms with Crippen LogP contribution < -0.4 is 9.47 Å². The number of ether oxygens (including phenoxy) is 3. The zero-order chi connectivity index (χ0) is 36.0. The Morgan fingerprint density at radius 1 is 0.913 bits per heavy atom. The number of phenolic OH excluding ortho intramolecular Hbond substituents is 1. The number of carboxylic acid groups (broad SMARTS) is 1. The number of thiophene rings is 1. The van der Waals surface area contributed by atoms with Crippen LogP contribution in [0.2, 0.25) is 0 Å². The first kappa shape index (κ1) is 27.1. The highest BCUT2D eigenvalue weighted by Gasteiger charge is 2.48. The molecule has 2 fully saturated rings. The Labute approximate surface area is 274 Å². The van der Waals surface area contributed by atoms with Crippen molar-refractivity contribution in [3.63, 3.8) is 0 Å². The van der Waals surface area contributed by atoms with E-state index in [1.807, 2.05) is 0 Å². The van der Waals surface area contributed by atoms with Crippen LogP contribution in [0.4, 0.5) is 0 Å². The van der Waals surface area contributed by atoms with E-state index in [0.717, 1.165) is 19.3 Å². The molecule has 46 heavy (non-hydrogen) atoms. The van der Waals surface area contributed by atoms with Crippen molar-refractivity contribution in [3.8, 4) is 27.7 Å². The van der Waals surface area contributed by atoms with E-state index in [4.69, 9.17) is 19.7 Å². The fourth-order valence-corrected chi connectivity index (χ4v) is 6.68. The summed E-state index contributed by atoms with van der Waals surface area (Å²) in [5.74, 6) is -1.76. The van der Waals surface area contributed by atoms with Gasteiger partial charge >= 0.3 is 5.97 Å². The van der Waals surface area contributed by atoms with Gasteiger partial charge in [-0.3, -0.25) is 9.69 Å². The number of nitrogens with zero attached hydrogens (tertiary/aromatic N) is 1. The van der Waals surface area contributed by atoms with Crippen LogP contribution in [0.3, 0.4) is 0 Å². The van der Waals surface area contributed by atoms with Gasteiger partial charge in [-0.05, 0) is 98.2 Å². The molecule has 5 atom stereocenters. The van der Waals surface area contributed by atoms with E-state index in [9.17, 15) is 35.1 Å². The number of ketones is 1. The summed E-state index contributed by atoms with van der Waals surface area (Å²) in [5.41, 5.74) is 1.17. The van der Waals surface area contributed by atoms with Gasteiger partial charge in [-0.2, -0.15) is 0 Å². The average Bonchev–Trinajstić information content (AvgIpc) is 3.47. The minimum absolute atomic E-state index is 0.0246. The number of hydrogen-bond donors (Lipinski definition) is 5. The standard InChI is InChI=1S/C34H35NO10S/c36-21-8-4-20(5-9-21)32-26(27(37)19-6-10-22(11-7-19)43-17-16-35-14-2-1-3-15-35)24-13-12-23(18-25(24)46-32)44-34-30(40)28(38)29(39)31(45-34)33(41)42/h4-13,18,28-31,34,36,38-40H,1-3,14-17H2,(H,41,42)/t28-,29+,30?,31?,34-/m1/s1/i16D2,17D2. The fourth-order valence-electron chi connectivity index (χ4n) is 5.45. The molecule has 3 heterocycles. The van der Waals surface area contributed by atoms with Crippen LogP contribution in [-0.4, -0.2) is 99.0 Å². The number of aliphatic hydroxyl groups excluding tert-OH is 3. The van der Waals surface area contributed by atoms with Crippen molar-refractivity contribution >= 4 is 33.2 Å². The first-order valence-corrected chi connectivity index (χ1v) is 15.5. The number of fused-ring (bicyclic) bond motifs is 1. The van der Waals surface area contributed by atoms with Gasteiger partial charge in [0.25, 0.3) is 0 Å². The summed E-state index contributed by atoms with van der Waals surface area (Å²) in [4.78, 5) is 27.7. The molecule has 0 saturated carbocycles. The molecule has 5 N–H and O–H groups in total. The van der Waals surface area contributed by atoms with E-state index in [0.29, 0.717) is 39.2 Å². The zero-order valence-electron chi connectivity index (χ0n) is 28.4. The second-order valence-corrected chi connectivity index (χ2v) is 12.1. The number of hydrogen-bond acceptors (Lipinski definition) is 11.